The minimum Gasteiger partial charge on any atom is -0.493 e. The summed E-state index contributed by atoms with van der Waals surface area (Å²) in [5, 5.41) is 3.05. The van der Waals surface area contributed by atoms with Crippen LogP contribution in [0.5, 0.6) is 11.5 Å². The van der Waals surface area contributed by atoms with Gasteiger partial charge in [0.15, 0.2) is 11.5 Å². The Balaban J connectivity index is 1.85. The van der Waals surface area contributed by atoms with E-state index in [4.69, 9.17) is 9.47 Å². The van der Waals surface area contributed by atoms with Crippen LogP contribution in [0.25, 0.3) is 5.57 Å². The number of anilines is 2. The maximum Gasteiger partial charge on any atom is 0.282 e. The van der Waals surface area contributed by atoms with Crippen LogP contribution in [0.3, 0.4) is 0 Å². The molecule has 0 saturated carbocycles. The molecular weight excluding hydrogens is 399 g/mol. The van der Waals surface area contributed by atoms with Gasteiger partial charge in [-0.2, -0.15) is 0 Å². The number of carbonyl (C=O) groups is 2. The highest BCUT2D eigenvalue weighted by molar-refractivity contribution is 6.46. The summed E-state index contributed by atoms with van der Waals surface area (Å²) in [6, 6.07) is 19.3. The zero-order chi connectivity index (χ0) is 22.0. The van der Waals surface area contributed by atoms with Crippen molar-refractivity contribution >= 4 is 28.8 Å². The largest absolute Gasteiger partial charge is 0.493 e. The van der Waals surface area contributed by atoms with Crippen molar-refractivity contribution in [3.8, 4) is 11.5 Å². The lowest BCUT2D eigenvalue weighted by molar-refractivity contribution is -0.120. The Morgan fingerprint density at radius 3 is 2.23 bits per heavy atom. The SMILES string of the molecule is COc1ccc(C2=C(Nc3ccccc3)C(=O)N(c3cccc(F)c3)C2=O)cc1OC. The fraction of sp³-hybridized carbons (Fsp3) is 0.0833. The van der Waals surface area contributed by atoms with Gasteiger partial charge in [-0.1, -0.05) is 30.3 Å². The number of hydrogen-bond acceptors (Lipinski definition) is 5. The van der Waals surface area contributed by atoms with Crippen LogP contribution in [-0.4, -0.2) is 26.0 Å². The predicted molar refractivity (Wildman–Crippen MR) is 115 cm³/mol. The number of nitrogens with zero attached hydrogens (tertiary/aromatic N) is 1. The Morgan fingerprint density at radius 2 is 1.55 bits per heavy atom. The topological polar surface area (TPSA) is 67.9 Å². The molecule has 3 aromatic rings. The van der Waals surface area contributed by atoms with Crippen molar-refractivity contribution in [2.24, 2.45) is 0 Å². The average Bonchev–Trinajstić information content (AvgIpc) is 3.03. The standard InChI is InChI=1S/C24H19FN2O4/c1-30-19-12-11-15(13-20(19)31-2)21-22(26-17-8-4-3-5-9-17)24(29)27(23(21)28)18-10-6-7-16(25)14-18/h3-14,26H,1-2H3. The van der Waals surface area contributed by atoms with E-state index < -0.39 is 17.6 Å². The van der Waals surface area contributed by atoms with Crippen molar-refractivity contribution in [2.75, 3.05) is 24.4 Å². The van der Waals surface area contributed by atoms with Crippen LogP contribution in [0.1, 0.15) is 5.56 Å². The van der Waals surface area contributed by atoms with E-state index in [1.807, 2.05) is 18.2 Å². The first-order chi connectivity index (χ1) is 15.0. The monoisotopic (exact) mass is 418 g/mol. The first-order valence-electron chi connectivity index (χ1n) is 9.46. The van der Waals surface area contributed by atoms with Crippen LogP contribution in [0.15, 0.2) is 78.5 Å². The van der Waals surface area contributed by atoms with Gasteiger partial charge in [0.05, 0.1) is 25.5 Å². The zero-order valence-corrected chi connectivity index (χ0v) is 16.9. The number of carbonyl (C=O) groups excluding carboxylic acids is 2. The van der Waals surface area contributed by atoms with Crippen LogP contribution >= 0.6 is 0 Å². The Kier molecular flexibility index (Phi) is 5.41. The molecule has 0 saturated heterocycles. The molecule has 0 aromatic heterocycles. The molecule has 0 aliphatic carbocycles. The molecule has 0 radical (unpaired) electrons. The van der Waals surface area contributed by atoms with Gasteiger partial charge in [-0.15, -0.1) is 0 Å². The van der Waals surface area contributed by atoms with Crippen molar-refractivity contribution in [3.05, 3.63) is 89.9 Å². The molecule has 0 unspecified atom stereocenters. The molecule has 0 fully saturated rings. The number of halogens is 1. The molecule has 1 heterocycles. The van der Waals surface area contributed by atoms with Gasteiger partial charge in [0.25, 0.3) is 11.8 Å². The van der Waals surface area contributed by atoms with Crippen molar-refractivity contribution in [1.82, 2.24) is 0 Å². The zero-order valence-electron chi connectivity index (χ0n) is 16.9. The molecule has 31 heavy (non-hydrogen) atoms. The van der Waals surface area contributed by atoms with Crippen molar-refractivity contribution < 1.29 is 23.5 Å². The molecule has 6 nitrogen and oxygen atoms in total. The molecule has 3 aromatic carbocycles. The summed E-state index contributed by atoms with van der Waals surface area (Å²) < 4.78 is 24.4. The molecule has 7 heteroatoms. The van der Waals surface area contributed by atoms with E-state index >= 15 is 0 Å². The molecule has 1 aliphatic heterocycles. The lowest BCUT2D eigenvalue weighted by Crippen LogP contribution is -2.32. The van der Waals surface area contributed by atoms with Gasteiger partial charge in [0.1, 0.15) is 11.5 Å². The second-order valence-electron chi connectivity index (χ2n) is 6.74. The van der Waals surface area contributed by atoms with Crippen molar-refractivity contribution in [3.63, 3.8) is 0 Å². The smallest absolute Gasteiger partial charge is 0.282 e. The number of rotatable bonds is 6. The predicted octanol–water partition coefficient (Wildman–Crippen LogP) is 4.24. The molecule has 0 bridgehead atoms. The minimum absolute atomic E-state index is 0.0904. The van der Waals surface area contributed by atoms with E-state index in [9.17, 15) is 14.0 Å². The van der Waals surface area contributed by atoms with Crippen LogP contribution in [0.2, 0.25) is 0 Å². The fourth-order valence-corrected chi connectivity index (χ4v) is 3.42. The Hall–Kier alpha value is -4.13. The van der Waals surface area contributed by atoms with E-state index in [0.717, 1.165) is 11.0 Å². The molecule has 1 N–H and O–H groups in total. The number of methoxy groups -OCH3 is 2. The van der Waals surface area contributed by atoms with Crippen LogP contribution in [0.4, 0.5) is 15.8 Å². The lowest BCUT2D eigenvalue weighted by Gasteiger charge is -2.15. The van der Waals surface area contributed by atoms with E-state index in [-0.39, 0.29) is 17.0 Å². The summed E-state index contributed by atoms with van der Waals surface area (Å²) in [6.07, 6.45) is 0. The van der Waals surface area contributed by atoms with Gasteiger partial charge in [-0.3, -0.25) is 9.59 Å². The molecule has 1 aliphatic rings. The number of amides is 2. The van der Waals surface area contributed by atoms with Gasteiger partial charge in [-0.05, 0) is 48.0 Å². The van der Waals surface area contributed by atoms with E-state index in [1.54, 1.807) is 30.3 Å². The quantitative estimate of drug-likeness (QED) is 0.607. The second-order valence-corrected chi connectivity index (χ2v) is 6.74. The number of benzene rings is 3. The highest BCUT2D eigenvalue weighted by Crippen LogP contribution is 2.37. The molecule has 0 spiro atoms. The summed E-state index contributed by atoms with van der Waals surface area (Å²) in [7, 11) is 2.99. The fourth-order valence-electron chi connectivity index (χ4n) is 3.42. The van der Waals surface area contributed by atoms with Crippen molar-refractivity contribution in [2.45, 2.75) is 0 Å². The molecule has 2 amide bonds. The van der Waals surface area contributed by atoms with Gasteiger partial charge < -0.3 is 14.8 Å². The number of para-hydroxylation sites is 1. The molecule has 4 rings (SSSR count). The third kappa shape index (κ3) is 3.73. The third-order valence-electron chi connectivity index (χ3n) is 4.87. The summed E-state index contributed by atoms with van der Waals surface area (Å²) >= 11 is 0. The number of ether oxygens (including phenoxy) is 2. The number of nitrogens with one attached hydrogen (secondary N) is 1. The van der Waals surface area contributed by atoms with Gasteiger partial charge in [0.2, 0.25) is 0 Å². The maximum absolute atomic E-state index is 13.8. The second kappa shape index (κ2) is 8.31. The Morgan fingerprint density at radius 1 is 0.806 bits per heavy atom. The third-order valence-corrected chi connectivity index (χ3v) is 4.87. The Labute approximate surface area is 178 Å². The van der Waals surface area contributed by atoms with E-state index in [2.05, 4.69) is 5.32 Å². The van der Waals surface area contributed by atoms with Crippen LogP contribution in [0, 0.1) is 5.82 Å². The number of imide groups is 1. The Bertz CT molecular complexity index is 1190. The number of hydrogen-bond donors (Lipinski definition) is 1. The first kappa shape index (κ1) is 20.2. The highest BCUT2D eigenvalue weighted by atomic mass is 19.1. The molecule has 0 atom stereocenters. The van der Waals surface area contributed by atoms with Gasteiger partial charge in [-0.25, -0.2) is 9.29 Å². The first-order valence-corrected chi connectivity index (χ1v) is 9.46. The van der Waals surface area contributed by atoms with E-state index in [0.29, 0.717) is 22.7 Å². The highest BCUT2D eigenvalue weighted by Gasteiger charge is 2.40. The maximum atomic E-state index is 13.8. The summed E-state index contributed by atoms with van der Waals surface area (Å²) in [5.41, 5.74) is 1.50. The summed E-state index contributed by atoms with van der Waals surface area (Å²) in [4.78, 5) is 27.7. The average molecular weight is 418 g/mol. The van der Waals surface area contributed by atoms with E-state index in [1.165, 1.54) is 32.4 Å². The minimum atomic E-state index is -0.579. The summed E-state index contributed by atoms with van der Waals surface area (Å²) in [5.74, 6) is -0.792. The normalized spacial score (nSPS) is 13.6. The molecule has 156 valence electrons. The van der Waals surface area contributed by atoms with Crippen LogP contribution in [-0.2, 0) is 9.59 Å². The van der Waals surface area contributed by atoms with Crippen molar-refractivity contribution in [1.29, 1.82) is 0 Å². The van der Waals surface area contributed by atoms with Gasteiger partial charge in [0, 0.05) is 5.69 Å². The van der Waals surface area contributed by atoms with Gasteiger partial charge >= 0.3 is 0 Å². The van der Waals surface area contributed by atoms with Crippen LogP contribution < -0.4 is 19.7 Å². The summed E-state index contributed by atoms with van der Waals surface area (Å²) in [6.45, 7) is 0. The lowest BCUT2D eigenvalue weighted by atomic mass is 10.0. The molecular formula is C24H19FN2O4.